The summed E-state index contributed by atoms with van der Waals surface area (Å²) in [5.41, 5.74) is -0.775. The lowest BCUT2D eigenvalue weighted by atomic mass is 9.78. The molecule has 7 heteroatoms. The third kappa shape index (κ3) is 2.61. The van der Waals surface area contributed by atoms with E-state index in [1.807, 2.05) is 30.3 Å². The molecule has 2 aliphatic heterocycles. The number of hydrogen-bond acceptors (Lipinski definition) is 5. The van der Waals surface area contributed by atoms with Crippen molar-refractivity contribution in [2.75, 3.05) is 4.90 Å². The van der Waals surface area contributed by atoms with Gasteiger partial charge in [0, 0.05) is 17.0 Å². The first kappa shape index (κ1) is 20.2. The molecule has 0 aliphatic carbocycles. The minimum absolute atomic E-state index is 0.0510. The van der Waals surface area contributed by atoms with Crippen LogP contribution in [0.25, 0.3) is 10.8 Å². The van der Waals surface area contributed by atoms with Gasteiger partial charge in [-0.1, -0.05) is 61.5 Å². The van der Waals surface area contributed by atoms with Gasteiger partial charge in [-0.15, -0.1) is 0 Å². The number of carboxylic acid groups (broad SMARTS) is 1. The van der Waals surface area contributed by atoms with Gasteiger partial charge in [0.15, 0.2) is 0 Å². The van der Waals surface area contributed by atoms with E-state index in [-0.39, 0.29) is 12.2 Å². The molecule has 0 unspecified atom stereocenters. The topological polar surface area (TPSA) is 107 Å². The Bertz CT molecular complexity index is 1270. The Morgan fingerprint density at radius 1 is 1.00 bits per heavy atom. The first-order chi connectivity index (χ1) is 15.4. The van der Waals surface area contributed by atoms with Crippen molar-refractivity contribution in [2.24, 2.45) is 11.8 Å². The third-order valence-corrected chi connectivity index (χ3v) is 6.87. The number of nitrogens with zero attached hydrogens (tertiary/aromatic N) is 1. The zero-order valence-corrected chi connectivity index (χ0v) is 17.4. The fourth-order valence-corrected chi connectivity index (χ4v) is 5.33. The molecule has 32 heavy (non-hydrogen) atoms. The highest BCUT2D eigenvalue weighted by Crippen LogP contribution is 2.52. The van der Waals surface area contributed by atoms with E-state index < -0.39 is 41.2 Å². The Hall–Kier alpha value is -3.71. The molecule has 0 bridgehead atoms. The summed E-state index contributed by atoms with van der Waals surface area (Å²) in [7, 11) is 0. The lowest BCUT2D eigenvalue weighted by Gasteiger charge is -2.30. The number of phenols is 1. The largest absolute Gasteiger partial charge is 0.508 e. The van der Waals surface area contributed by atoms with Gasteiger partial charge in [-0.3, -0.25) is 19.7 Å². The second-order valence-electron chi connectivity index (χ2n) is 8.32. The molecule has 3 aromatic rings. The van der Waals surface area contributed by atoms with E-state index in [2.05, 4.69) is 5.32 Å². The molecule has 2 saturated heterocycles. The van der Waals surface area contributed by atoms with Gasteiger partial charge < -0.3 is 10.2 Å². The standard InChI is InChI=1S/C25H22N2O5/c1-2-25(24(31)32)20-19(21(26-25)16-11-5-6-13-18(16)28)22(29)27(23(20)30)17-12-7-9-14-8-3-4-10-15(14)17/h3-13,19-21,26,28H,2H2,1H3,(H,31,32)/t19-,20+,21-,25-/m0/s1. The molecule has 2 aliphatic rings. The Labute approximate surface area is 184 Å². The smallest absolute Gasteiger partial charge is 0.324 e. The number of benzene rings is 3. The number of imide groups is 1. The Kier molecular flexibility index (Phi) is 4.53. The number of carbonyl (C=O) groups excluding carboxylic acids is 2. The summed E-state index contributed by atoms with van der Waals surface area (Å²) in [5.74, 6) is -4.29. The summed E-state index contributed by atoms with van der Waals surface area (Å²) in [6.45, 7) is 1.68. The van der Waals surface area contributed by atoms with Gasteiger partial charge in [0.05, 0.1) is 17.5 Å². The SMILES string of the molecule is CC[C@]1(C(=O)O)N[C@@H](c2ccccc2O)[C@H]2C(=O)N(c3cccc4ccccc34)C(=O)[C@@H]21. The Morgan fingerprint density at radius 2 is 1.69 bits per heavy atom. The highest BCUT2D eigenvalue weighted by atomic mass is 16.4. The van der Waals surface area contributed by atoms with E-state index in [0.717, 1.165) is 15.7 Å². The summed E-state index contributed by atoms with van der Waals surface area (Å²) in [4.78, 5) is 41.1. The maximum Gasteiger partial charge on any atom is 0.324 e. The molecule has 2 heterocycles. The molecule has 4 atom stereocenters. The molecule has 2 fully saturated rings. The second kappa shape index (κ2) is 7.17. The second-order valence-corrected chi connectivity index (χ2v) is 8.32. The van der Waals surface area contributed by atoms with Gasteiger partial charge in [-0.25, -0.2) is 4.90 Å². The van der Waals surface area contributed by atoms with Crippen LogP contribution in [-0.4, -0.2) is 33.5 Å². The number of aromatic hydroxyl groups is 1. The average molecular weight is 430 g/mol. The van der Waals surface area contributed by atoms with Crippen molar-refractivity contribution >= 4 is 34.2 Å². The highest BCUT2D eigenvalue weighted by Gasteiger charge is 2.68. The number of carboxylic acids is 1. The quantitative estimate of drug-likeness (QED) is 0.549. The normalized spacial score (nSPS) is 27.2. The number of phenolic OH excluding ortho intramolecular Hbond substituents is 1. The number of para-hydroxylation sites is 1. The molecular formula is C25H22N2O5. The number of nitrogens with one attached hydrogen (secondary N) is 1. The Morgan fingerprint density at radius 3 is 2.41 bits per heavy atom. The van der Waals surface area contributed by atoms with E-state index in [9.17, 15) is 24.6 Å². The van der Waals surface area contributed by atoms with Crippen LogP contribution in [0.4, 0.5) is 5.69 Å². The van der Waals surface area contributed by atoms with Crippen LogP contribution in [-0.2, 0) is 14.4 Å². The number of hydrogen-bond donors (Lipinski definition) is 3. The molecule has 0 saturated carbocycles. The molecule has 162 valence electrons. The molecule has 0 aromatic heterocycles. The van der Waals surface area contributed by atoms with Gasteiger partial charge in [-0.05, 0) is 23.9 Å². The van der Waals surface area contributed by atoms with Gasteiger partial charge in [0.2, 0.25) is 11.8 Å². The number of rotatable bonds is 4. The molecule has 0 spiro atoms. The van der Waals surface area contributed by atoms with Crippen LogP contribution in [0.2, 0.25) is 0 Å². The Balaban J connectivity index is 1.70. The van der Waals surface area contributed by atoms with Crippen molar-refractivity contribution in [1.29, 1.82) is 0 Å². The van der Waals surface area contributed by atoms with Gasteiger partial charge in [-0.2, -0.15) is 0 Å². The third-order valence-electron chi connectivity index (χ3n) is 6.87. The zero-order valence-electron chi connectivity index (χ0n) is 17.4. The number of fused-ring (bicyclic) bond motifs is 2. The van der Waals surface area contributed by atoms with Crippen LogP contribution in [0.15, 0.2) is 66.7 Å². The number of aliphatic carboxylic acids is 1. The van der Waals surface area contributed by atoms with Crippen LogP contribution in [0.1, 0.15) is 24.9 Å². The lowest BCUT2D eigenvalue weighted by molar-refractivity contribution is -0.149. The molecule has 5 rings (SSSR count). The van der Waals surface area contributed by atoms with Crippen LogP contribution < -0.4 is 10.2 Å². The van der Waals surface area contributed by atoms with E-state index >= 15 is 0 Å². The van der Waals surface area contributed by atoms with Gasteiger partial charge in [0.1, 0.15) is 11.3 Å². The van der Waals surface area contributed by atoms with Crippen molar-refractivity contribution in [3.8, 4) is 5.75 Å². The predicted molar refractivity (Wildman–Crippen MR) is 118 cm³/mol. The van der Waals surface area contributed by atoms with E-state index in [1.165, 1.54) is 6.07 Å². The number of carbonyl (C=O) groups is 3. The molecule has 2 amide bonds. The molecule has 3 aromatic carbocycles. The molecule has 7 nitrogen and oxygen atoms in total. The first-order valence-electron chi connectivity index (χ1n) is 10.5. The van der Waals surface area contributed by atoms with E-state index in [0.29, 0.717) is 11.3 Å². The lowest BCUT2D eigenvalue weighted by Crippen LogP contribution is -2.55. The van der Waals surface area contributed by atoms with Crippen molar-refractivity contribution in [3.63, 3.8) is 0 Å². The molecule has 3 N–H and O–H groups in total. The van der Waals surface area contributed by atoms with Crippen molar-refractivity contribution < 1.29 is 24.6 Å². The summed E-state index contributed by atoms with van der Waals surface area (Å²) in [6, 6.07) is 18.5. The zero-order chi connectivity index (χ0) is 22.6. The maximum absolute atomic E-state index is 13.8. The minimum atomic E-state index is -1.62. The van der Waals surface area contributed by atoms with E-state index in [1.54, 1.807) is 37.3 Å². The minimum Gasteiger partial charge on any atom is -0.508 e. The first-order valence-corrected chi connectivity index (χ1v) is 10.5. The van der Waals surface area contributed by atoms with Gasteiger partial charge >= 0.3 is 5.97 Å². The fourth-order valence-electron chi connectivity index (χ4n) is 5.33. The number of amides is 2. The average Bonchev–Trinajstić information content (AvgIpc) is 3.28. The fraction of sp³-hybridized carbons (Fsp3) is 0.240. The highest BCUT2D eigenvalue weighted by molar-refractivity contribution is 6.26. The summed E-state index contributed by atoms with van der Waals surface area (Å²) >= 11 is 0. The number of anilines is 1. The van der Waals surface area contributed by atoms with Crippen LogP contribution >= 0.6 is 0 Å². The predicted octanol–water partition coefficient (Wildman–Crippen LogP) is 3.23. The summed E-state index contributed by atoms with van der Waals surface area (Å²) in [6.07, 6.45) is 0.107. The van der Waals surface area contributed by atoms with Crippen LogP contribution in [0.5, 0.6) is 5.75 Å². The molecular weight excluding hydrogens is 408 g/mol. The van der Waals surface area contributed by atoms with Crippen LogP contribution in [0.3, 0.4) is 0 Å². The molecule has 0 radical (unpaired) electrons. The monoisotopic (exact) mass is 430 g/mol. The van der Waals surface area contributed by atoms with Gasteiger partial charge in [0.25, 0.3) is 0 Å². The van der Waals surface area contributed by atoms with Crippen LogP contribution in [0, 0.1) is 11.8 Å². The van der Waals surface area contributed by atoms with Crippen molar-refractivity contribution in [1.82, 2.24) is 5.32 Å². The van der Waals surface area contributed by atoms with Crippen molar-refractivity contribution in [2.45, 2.75) is 24.9 Å². The maximum atomic E-state index is 13.8. The summed E-state index contributed by atoms with van der Waals surface area (Å²) in [5, 5.41) is 25.3. The van der Waals surface area contributed by atoms with Crippen molar-refractivity contribution in [3.05, 3.63) is 72.3 Å². The van der Waals surface area contributed by atoms with E-state index in [4.69, 9.17) is 0 Å². The summed E-state index contributed by atoms with van der Waals surface area (Å²) < 4.78 is 0.